The van der Waals surface area contributed by atoms with E-state index in [1.54, 1.807) is 12.1 Å². The Morgan fingerprint density at radius 3 is 2.50 bits per heavy atom. The van der Waals surface area contributed by atoms with E-state index in [1.165, 1.54) is 7.11 Å². The highest BCUT2D eigenvalue weighted by molar-refractivity contribution is 9.09. The highest BCUT2D eigenvalue weighted by Gasteiger charge is 2.17. The Morgan fingerprint density at radius 1 is 1.36 bits per heavy atom. The average molecular weight is 261 g/mol. The summed E-state index contributed by atoms with van der Waals surface area (Å²) in [5.74, 6) is 0.182. The quantitative estimate of drug-likeness (QED) is 0.753. The molecule has 1 nitrogen and oxygen atoms in total. The first-order valence-electron chi connectivity index (χ1n) is 4.54. The van der Waals surface area contributed by atoms with Gasteiger partial charge in [-0.15, -0.1) is 0 Å². The van der Waals surface area contributed by atoms with Crippen molar-refractivity contribution in [2.24, 2.45) is 0 Å². The van der Waals surface area contributed by atoms with Crippen LogP contribution in [0.25, 0.3) is 0 Å². The summed E-state index contributed by atoms with van der Waals surface area (Å²) < 4.78 is 18.7. The molecule has 0 amide bonds. The smallest absolute Gasteiger partial charge is 0.168 e. The number of alkyl halides is 1. The number of rotatable bonds is 3. The first-order valence-corrected chi connectivity index (χ1v) is 5.46. The molecular weight excluding hydrogens is 247 g/mol. The van der Waals surface area contributed by atoms with Crippen LogP contribution in [0.3, 0.4) is 0 Å². The first-order chi connectivity index (χ1) is 6.57. The van der Waals surface area contributed by atoms with Gasteiger partial charge in [-0.05, 0) is 17.5 Å². The molecular formula is C11H14BrFO. The van der Waals surface area contributed by atoms with Gasteiger partial charge < -0.3 is 4.74 Å². The van der Waals surface area contributed by atoms with E-state index in [9.17, 15) is 4.39 Å². The lowest BCUT2D eigenvalue weighted by Crippen LogP contribution is -2.07. The summed E-state index contributed by atoms with van der Waals surface area (Å²) in [7, 11) is 1.48. The molecule has 0 heterocycles. The van der Waals surface area contributed by atoms with E-state index in [2.05, 4.69) is 15.9 Å². The number of ether oxygens (including phenoxy) is 1. The number of halogens is 2. The van der Waals surface area contributed by atoms with Gasteiger partial charge in [-0.3, -0.25) is 0 Å². The molecule has 0 aliphatic rings. The average Bonchev–Trinajstić information content (AvgIpc) is 2.17. The van der Waals surface area contributed by atoms with Gasteiger partial charge in [0.1, 0.15) is 0 Å². The Bertz CT molecular complexity index is 312. The molecule has 0 N–H and O–H groups in total. The lowest BCUT2D eigenvalue weighted by molar-refractivity contribution is 0.382. The lowest BCUT2D eigenvalue weighted by atomic mass is 9.98. The van der Waals surface area contributed by atoms with Crippen LogP contribution in [-0.4, -0.2) is 11.9 Å². The molecule has 1 aromatic carbocycles. The van der Waals surface area contributed by atoms with Gasteiger partial charge in [0.2, 0.25) is 0 Å². The highest BCUT2D eigenvalue weighted by atomic mass is 79.9. The van der Waals surface area contributed by atoms with Crippen LogP contribution in [0.1, 0.15) is 25.3 Å². The van der Waals surface area contributed by atoms with Crippen molar-refractivity contribution in [2.45, 2.75) is 24.6 Å². The second-order valence-corrected chi connectivity index (χ2v) is 4.77. The SMILES string of the molecule is COc1cccc(C(C)C(C)Br)c1F. The summed E-state index contributed by atoms with van der Waals surface area (Å²) >= 11 is 3.45. The van der Waals surface area contributed by atoms with Gasteiger partial charge in [0.05, 0.1) is 7.11 Å². The van der Waals surface area contributed by atoms with E-state index >= 15 is 0 Å². The molecule has 0 radical (unpaired) electrons. The minimum atomic E-state index is -0.256. The normalized spacial score (nSPS) is 14.9. The molecule has 0 fully saturated rings. The van der Waals surface area contributed by atoms with Crippen molar-refractivity contribution < 1.29 is 9.13 Å². The van der Waals surface area contributed by atoms with E-state index in [-0.39, 0.29) is 16.6 Å². The van der Waals surface area contributed by atoms with Crippen LogP contribution in [0, 0.1) is 5.82 Å². The van der Waals surface area contributed by atoms with Crippen molar-refractivity contribution in [1.29, 1.82) is 0 Å². The van der Waals surface area contributed by atoms with Crippen LogP contribution in [0.2, 0.25) is 0 Å². The number of benzene rings is 1. The Labute approximate surface area is 92.4 Å². The van der Waals surface area contributed by atoms with E-state index in [0.717, 1.165) is 0 Å². The molecule has 0 saturated carbocycles. The number of hydrogen-bond acceptors (Lipinski definition) is 1. The third-order valence-corrected chi connectivity index (χ3v) is 3.19. The molecule has 2 unspecified atom stereocenters. The minimum absolute atomic E-state index is 0.130. The molecule has 0 aromatic heterocycles. The third kappa shape index (κ3) is 2.27. The number of methoxy groups -OCH3 is 1. The molecule has 3 heteroatoms. The maximum atomic E-state index is 13.7. The zero-order valence-electron chi connectivity index (χ0n) is 8.55. The van der Waals surface area contributed by atoms with Crippen molar-refractivity contribution in [3.63, 3.8) is 0 Å². The first kappa shape index (κ1) is 11.5. The minimum Gasteiger partial charge on any atom is -0.494 e. The standard InChI is InChI=1S/C11H14BrFO/c1-7(8(2)12)9-5-4-6-10(14-3)11(9)13/h4-8H,1-3H3. The van der Waals surface area contributed by atoms with Crippen LogP contribution in [0.4, 0.5) is 4.39 Å². The zero-order valence-corrected chi connectivity index (χ0v) is 10.1. The van der Waals surface area contributed by atoms with Crippen LogP contribution in [0.5, 0.6) is 5.75 Å². The van der Waals surface area contributed by atoms with E-state index in [0.29, 0.717) is 11.3 Å². The van der Waals surface area contributed by atoms with Crippen molar-refractivity contribution in [1.82, 2.24) is 0 Å². The second kappa shape index (κ2) is 4.78. The molecule has 0 spiro atoms. The summed E-state index contributed by atoms with van der Waals surface area (Å²) in [4.78, 5) is 0.240. The predicted molar refractivity (Wildman–Crippen MR) is 59.8 cm³/mol. The van der Waals surface area contributed by atoms with Crippen molar-refractivity contribution in [3.05, 3.63) is 29.6 Å². The summed E-state index contributed by atoms with van der Waals surface area (Å²) in [6.07, 6.45) is 0. The fourth-order valence-corrected chi connectivity index (χ4v) is 1.57. The van der Waals surface area contributed by atoms with Crippen molar-refractivity contribution >= 4 is 15.9 Å². The Kier molecular flexibility index (Phi) is 3.93. The zero-order chi connectivity index (χ0) is 10.7. The van der Waals surface area contributed by atoms with Crippen molar-refractivity contribution in [3.8, 4) is 5.75 Å². The van der Waals surface area contributed by atoms with Gasteiger partial charge in [-0.2, -0.15) is 0 Å². The summed E-state index contributed by atoms with van der Waals surface area (Å²) in [6.45, 7) is 3.99. The Morgan fingerprint density at radius 2 is 2.00 bits per heavy atom. The monoisotopic (exact) mass is 260 g/mol. The van der Waals surface area contributed by atoms with E-state index in [4.69, 9.17) is 4.74 Å². The molecule has 0 aliphatic heterocycles. The van der Waals surface area contributed by atoms with Crippen LogP contribution < -0.4 is 4.74 Å². The topological polar surface area (TPSA) is 9.23 Å². The molecule has 1 rings (SSSR count). The van der Waals surface area contributed by atoms with Gasteiger partial charge in [0, 0.05) is 4.83 Å². The molecule has 0 aliphatic carbocycles. The molecule has 14 heavy (non-hydrogen) atoms. The van der Waals surface area contributed by atoms with Crippen molar-refractivity contribution in [2.75, 3.05) is 7.11 Å². The molecule has 2 atom stereocenters. The molecule has 0 saturated heterocycles. The Hall–Kier alpha value is -0.570. The van der Waals surface area contributed by atoms with E-state index in [1.807, 2.05) is 19.9 Å². The second-order valence-electron chi connectivity index (χ2n) is 3.33. The fourth-order valence-electron chi connectivity index (χ4n) is 1.28. The summed E-state index contributed by atoms with van der Waals surface area (Å²) in [6, 6.07) is 5.23. The van der Waals surface area contributed by atoms with Gasteiger partial charge >= 0.3 is 0 Å². The van der Waals surface area contributed by atoms with Gasteiger partial charge in [0.25, 0.3) is 0 Å². The summed E-state index contributed by atoms with van der Waals surface area (Å²) in [5, 5.41) is 0. The van der Waals surface area contributed by atoms with Gasteiger partial charge in [-0.1, -0.05) is 41.9 Å². The van der Waals surface area contributed by atoms with Gasteiger partial charge in [-0.25, -0.2) is 4.39 Å². The molecule has 0 bridgehead atoms. The highest BCUT2D eigenvalue weighted by Crippen LogP contribution is 2.30. The van der Waals surface area contributed by atoms with Crippen LogP contribution in [0.15, 0.2) is 18.2 Å². The number of hydrogen-bond donors (Lipinski definition) is 0. The molecule has 1 aromatic rings. The third-order valence-electron chi connectivity index (χ3n) is 2.39. The Balaban J connectivity index is 3.09. The van der Waals surface area contributed by atoms with Gasteiger partial charge in [0.15, 0.2) is 11.6 Å². The predicted octanol–water partition coefficient (Wildman–Crippen LogP) is 3.72. The fraction of sp³-hybridized carbons (Fsp3) is 0.455. The maximum Gasteiger partial charge on any atom is 0.168 e. The van der Waals surface area contributed by atoms with E-state index < -0.39 is 0 Å². The maximum absolute atomic E-state index is 13.7. The van der Waals surface area contributed by atoms with Crippen LogP contribution in [-0.2, 0) is 0 Å². The lowest BCUT2D eigenvalue weighted by Gasteiger charge is -2.16. The summed E-state index contributed by atoms with van der Waals surface area (Å²) in [5.41, 5.74) is 0.689. The molecule has 78 valence electrons. The largest absolute Gasteiger partial charge is 0.494 e. The van der Waals surface area contributed by atoms with Crippen LogP contribution >= 0.6 is 15.9 Å².